The van der Waals surface area contributed by atoms with E-state index < -0.39 is 0 Å². The van der Waals surface area contributed by atoms with E-state index >= 15 is 0 Å². The summed E-state index contributed by atoms with van der Waals surface area (Å²) in [6.45, 7) is 2.01. The zero-order valence-corrected chi connectivity index (χ0v) is 11.6. The molecule has 2 aromatic heterocycles. The topological polar surface area (TPSA) is 61.0 Å². The lowest BCUT2D eigenvalue weighted by Gasteiger charge is -2.08. The van der Waals surface area contributed by atoms with Crippen molar-refractivity contribution in [3.63, 3.8) is 0 Å². The highest BCUT2D eigenvalue weighted by Crippen LogP contribution is 2.24. The van der Waals surface area contributed by atoms with Crippen LogP contribution in [0, 0.1) is 12.7 Å². The van der Waals surface area contributed by atoms with Crippen LogP contribution in [0.5, 0.6) is 5.75 Å². The standard InChI is InChI=1S/C14H12FN3OS/c1-8-2-3-9(15)6-11(8)19-7-12-17-13(16)10-4-5-20-14(10)18-12/h2-6H,7H2,1H3,(H2,16,17,18). The highest BCUT2D eigenvalue weighted by Gasteiger charge is 2.08. The van der Waals surface area contributed by atoms with E-state index in [9.17, 15) is 4.39 Å². The molecule has 0 aliphatic heterocycles. The minimum Gasteiger partial charge on any atom is -0.485 e. The van der Waals surface area contributed by atoms with Gasteiger partial charge in [-0.25, -0.2) is 14.4 Å². The zero-order valence-electron chi connectivity index (χ0n) is 10.8. The van der Waals surface area contributed by atoms with Crippen molar-refractivity contribution in [1.29, 1.82) is 0 Å². The first kappa shape index (κ1) is 12.8. The fourth-order valence-corrected chi connectivity index (χ4v) is 2.65. The lowest BCUT2D eigenvalue weighted by molar-refractivity contribution is 0.293. The van der Waals surface area contributed by atoms with Gasteiger partial charge in [-0.2, -0.15) is 0 Å². The Kier molecular flexibility index (Phi) is 3.23. The van der Waals surface area contributed by atoms with E-state index in [2.05, 4.69) is 9.97 Å². The van der Waals surface area contributed by atoms with Crippen molar-refractivity contribution in [2.24, 2.45) is 0 Å². The molecular formula is C14H12FN3OS. The Bertz CT molecular complexity index is 772. The number of fused-ring (bicyclic) bond motifs is 1. The second-order valence-corrected chi connectivity index (χ2v) is 5.26. The monoisotopic (exact) mass is 289 g/mol. The molecule has 102 valence electrons. The smallest absolute Gasteiger partial charge is 0.169 e. The Labute approximate surface area is 119 Å². The Hall–Kier alpha value is -2.21. The molecule has 0 fully saturated rings. The molecule has 2 heterocycles. The van der Waals surface area contributed by atoms with Gasteiger partial charge in [0, 0.05) is 6.07 Å². The Balaban J connectivity index is 1.84. The summed E-state index contributed by atoms with van der Waals surface area (Å²) in [5, 5.41) is 2.76. The molecule has 2 N–H and O–H groups in total. The van der Waals surface area contributed by atoms with Gasteiger partial charge in [0.15, 0.2) is 5.82 Å². The molecule has 3 aromatic rings. The number of rotatable bonds is 3. The van der Waals surface area contributed by atoms with E-state index in [1.54, 1.807) is 6.07 Å². The van der Waals surface area contributed by atoms with Crippen LogP contribution in [0.1, 0.15) is 11.4 Å². The highest BCUT2D eigenvalue weighted by molar-refractivity contribution is 7.16. The normalized spacial score (nSPS) is 10.9. The van der Waals surface area contributed by atoms with Crippen molar-refractivity contribution in [1.82, 2.24) is 9.97 Å². The molecule has 0 unspecified atom stereocenters. The zero-order chi connectivity index (χ0) is 14.1. The lowest BCUT2D eigenvalue weighted by Crippen LogP contribution is -2.04. The Morgan fingerprint density at radius 3 is 3.00 bits per heavy atom. The largest absolute Gasteiger partial charge is 0.485 e. The number of nitrogens with zero attached hydrogens (tertiary/aromatic N) is 2. The molecule has 0 atom stereocenters. The number of halogens is 1. The summed E-state index contributed by atoms with van der Waals surface area (Å²) in [5.74, 6) is 1.07. The highest BCUT2D eigenvalue weighted by atomic mass is 32.1. The first-order valence-corrected chi connectivity index (χ1v) is 6.90. The number of ether oxygens (including phenoxy) is 1. The van der Waals surface area contributed by atoms with Gasteiger partial charge in [-0.05, 0) is 30.0 Å². The lowest BCUT2D eigenvalue weighted by atomic mass is 10.2. The van der Waals surface area contributed by atoms with E-state index in [0.29, 0.717) is 17.4 Å². The molecule has 0 spiro atoms. The fraction of sp³-hybridized carbons (Fsp3) is 0.143. The fourth-order valence-electron chi connectivity index (χ4n) is 1.86. The molecule has 20 heavy (non-hydrogen) atoms. The summed E-state index contributed by atoms with van der Waals surface area (Å²) in [6.07, 6.45) is 0. The quantitative estimate of drug-likeness (QED) is 0.803. The molecule has 0 aliphatic rings. The third-order valence-electron chi connectivity index (χ3n) is 2.91. The van der Waals surface area contributed by atoms with Crippen LogP contribution in [0.25, 0.3) is 10.2 Å². The van der Waals surface area contributed by atoms with Gasteiger partial charge in [-0.3, -0.25) is 0 Å². The molecule has 0 aliphatic carbocycles. The SMILES string of the molecule is Cc1ccc(F)cc1OCc1nc(N)c2ccsc2n1. The van der Waals surface area contributed by atoms with Crippen LogP contribution in [0.2, 0.25) is 0 Å². The number of hydrogen-bond acceptors (Lipinski definition) is 5. The van der Waals surface area contributed by atoms with Crippen molar-refractivity contribution >= 4 is 27.4 Å². The third-order valence-corrected chi connectivity index (χ3v) is 3.71. The average Bonchev–Trinajstić information content (AvgIpc) is 2.89. The molecule has 1 aromatic carbocycles. The predicted molar refractivity (Wildman–Crippen MR) is 77.3 cm³/mol. The van der Waals surface area contributed by atoms with Crippen molar-refractivity contribution in [3.05, 3.63) is 46.9 Å². The average molecular weight is 289 g/mol. The third kappa shape index (κ3) is 2.42. The molecule has 0 saturated carbocycles. The molecule has 0 amide bonds. The molecule has 0 saturated heterocycles. The summed E-state index contributed by atoms with van der Waals surface area (Å²) in [7, 11) is 0. The van der Waals surface area contributed by atoms with Crippen molar-refractivity contribution < 1.29 is 9.13 Å². The van der Waals surface area contributed by atoms with E-state index in [-0.39, 0.29) is 12.4 Å². The van der Waals surface area contributed by atoms with Crippen LogP contribution >= 0.6 is 11.3 Å². The number of hydrogen-bond donors (Lipinski definition) is 1. The molecular weight excluding hydrogens is 277 g/mol. The van der Waals surface area contributed by atoms with Crippen LogP contribution in [0.3, 0.4) is 0 Å². The van der Waals surface area contributed by atoms with Gasteiger partial charge < -0.3 is 10.5 Å². The van der Waals surface area contributed by atoms with Gasteiger partial charge >= 0.3 is 0 Å². The number of thiophene rings is 1. The van der Waals surface area contributed by atoms with E-state index in [0.717, 1.165) is 15.8 Å². The van der Waals surface area contributed by atoms with Crippen LogP contribution in [-0.4, -0.2) is 9.97 Å². The Morgan fingerprint density at radius 2 is 2.15 bits per heavy atom. The van der Waals surface area contributed by atoms with E-state index in [1.807, 2.05) is 18.4 Å². The van der Waals surface area contributed by atoms with E-state index in [4.69, 9.17) is 10.5 Å². The maximum atomic E-state index is 13.2. The van der Waals surface area contributed by atoms with Crippen molar-refractivity contribution in [2.75, 3.05) is 5.73 Å². The van der Waals surface area contributed by atoms with Gasteiger partial charge in [-0.15, -0.1) is 11.3 Å². The maximum absolute atomic E-state index is 13.2. The number of anilines is 1. The summed E-state index contributed by atoms with van der Waals surface area (Å²) in [6, 6.07) is 6.30. The molecule has 0 radical (unpaired) electrons. The molecule has 3 rings (SSSR count). The summed E-state index contributed by atoms with van der Waals surface area (Å²) < 4.78 is 18.7. The minimum absolute atomic E-state index is 0.155. The summed E-state index contributed by atoms with van der Waals surface area (Å²) >= 11 is 1.50. The van der Waals surface area contributed by atoms with Gasteiger partial charge in [0.25, 0.3) is 0 Å². The maximum Gasteiger partial charge on any atom is 0.169 e. The number of nitrogens with two attached hydrogens (primary N) is 1. The molecule has 0 bridgehead atoms. The minimum atomic E-state index is -0.334. The Morgan fingerprint density at radius 1 is 1.30 bits per heavy atom. The summed E-state index contributed by atoms with van der Waals surface area (Å²) in [4.78, 5) is 9.39. The van der Waals surface area contributed by atoms with Crippen LogP contribution in [0.4, 0.5) is 10.2 Å². The van der Waals surface area contributed by atoms with Crippen LogP contribution < -0.4 is 10.5 Å². The van der Waals surface area contributed by atoms with Crippen molar-refractivity contribution in [3.8, 4) is 5.75 Å². The summed E-state index contributed by atoms with van der Waals surface area (Å²) in [5.41, 5.74) is 6.72. The number of aromatic nitrogens is 2. The van der Waals surface area contributed by atoms with Gasteiger partial charge in [0.1, 0.15) is 28.8 Å². The van der Waals surface area contributed by atoms with Gasteiger partial charge in [-0.1, -0.05) is 6.07 Å². The second kappa shape index (κ2) is 5.05. The van der Waals surface area contributed by atoms with Crippen LogP contribution in [-0.2, 0) is 6.61 Å². The van der Waals surface area contributed by atoms with Crippen LogP contribution in [0.15, 0.2) is 29.6 Å². The number of aryl methyl sites for hydroxylation is 1. The number of nitrogen functional groups attached to an aromatic ring is 1. The molecule has 4 nitrogen and oxygen atoms in total. The first-order chi connectivity index (χ1) is 9.63. The predicted octanol–water partition coefficient (Wildman–Crippen LogP) is 3.30. The van der Waals surface area contributed by atoms with Gasteiger partial charge in [0.05, 0.1) is 5.39 Å². The van der Waals surface area contributed by atoms with Crippen molar-refractivity contribution in [2.45, 2.75) is 13.5 Å². The number of benzene rings is 1. The first-order valence-electron chi connectivity index (χ1n) is 6.02. The molecule has 6 heteroatoms. The van der Waals surface area contributed by atoms with E-state index in [1.165, 1.54) is 23.5 Å². The second-order valence-electron chi connectivity index (χ2n) is 4.36. The van der Waals surface area contributed by atoms with Gasteiger partial charge in [0.2, 0.25) is 0 Å².